The summed E-state index contributed by atoms with van der Waals surface area (Å²) >= 11 is 0. The SMILES string of the molecule is OCCCCCCCCCCCOc1ccc(OCCCCCCCCCCCO)cc1. The maximum atomic E-state index is 8.76. The minimum absolute atomic E-state index is 0.338. The Balaban J connectivity index is 1.89. The number of benzene rings is 1. The molecule has 32 heavy (non-hydrogen) atoms. The van der Waals surface area contributed by atoms with E-state index in [1.54, 1.807) is 0 Å². The molecule has 0 bridgehead atoms. The van der Waals surface area contributed by atoms with Crippen LogP contribution < -0.4 is 9.47 Å². The first-order chi connectivity index (χ1) is 15.9. The summed E-state index contributed by atoms with van der Waals surface area (Å²) in [6.07, 6.45) is 21.9. The zero-order valence-corrected chi connectivity index (χ0v) is 20.6. The van der Waals surface area contributed by atoms with Crippen molar-refractivity contribution in [3.05, 3.63) is 24.3 Å². The van der Waals surface area contributed by atoms with Gasteiger partial charge in [0.25, 0.3) is 0 Å². The fourth-order valence-corrected chi connectivity index (χ4v) is 3.91. The molecule has 4 nitrogen and oxygen atoms in total. The van der Waals surface area contributed by atoms with E-state index in [1.165, 1.54) is 89.9 Å². The predicted molar refractivity (Wildman–Crippen MR) is 135 cm³/mol. The summed E-state index contributed by atoms with van der Waals surface area (Å²) in [6.45, 7) is 2.25. The summed E-state index contributed by atoms with van der Waals surface area (Å²) in [5.41, 5.74) is 0. The quantitative estimate of drug-likeness (QED) is 0.161. The second kappa shape index (κ2) is 22.9. The molecule has 0 aliphatic carbocycles. The Morgan fingerprint density at radius 2 is 0.625 bits per heavy atom. The summed E-state index contributed by atoms with van der Waals surface area (Å²) in [7, 11) is 0. The standard InChI is InChI=1S/C28H50O4/c29-23-15-11-7-3-1-5-9-13-17-25-31-27-19-21-28(22-20-27)32-26-18-14-10-6-2-4-8-12-16-24-30/h19-22,29-30H,1-18,23-26H2. The molecule has 0 spiro atoms. The fourth-order valence-electron chi connectivity index (χ4n) is 3.91. The summed E-state index contributed by atoms with van der Waals surface area (Å²) in [5, 5.41) is 17.5. The van der Waals surface area contributed by atoms with Crippen LogP contribution in [0.25, 0.3) is 0 Å². The van der Waals surface area contributed by atoms with E-state index in [-0.39, 0.29) is 0 Å². The molecular formula is C28H50O4. The number of rotatable bonds is 24. The van der Waals surface area contributed by atoms with Gasteiger partial charge in [-0.2, -0.15) is 0 Å². The maximum absolute atomic E-state index is 8.76. The van der Waals surface area contributed by atoms with Gasteiger partial charge in [-0.25, -0.2) is 0 Å². The molecule has 0 aliphatic rings. The van der Waals surface area contributed by atoms with Crippen molar-refractivity contribution in [2.45, 2.75) is 116 Å². The van der Waals surface area contributed by atoms with Gasteiger partial charge in [0.1, 0.15) is 11.5 Å². The highest BCUT2D eigenvalue weighted by atomic mass is 16.5. The van der Waals surface area contributed by atoms with Crippen LogP contribution >= 0.6 is 0 Å². The van der Waals surface area contributed by atoms with Crippen LogP contribution in [-0.2, 0) is 0 Å². The molecule has 4 heteroatoms. The minimum atomic E-state index is 0.338. The van der Waals surface area contributed by atoms with Crippen LogP contribution in [0.3, 0.4) is 0 Å². The topological polar surface area (TPSA) is 58.9 Å². The lowest BCUT2D eigenvalue weighted by Crippen LogP contribution is -1.99. The van der Waals surface area contributed by atoms with Gasteiger partial charge in [-0.05, 0) is 49.9 Å². The molecule has 0 heterocycles. The maximum Gasteiger partial charge on any atom is 0.119 e. The molecule has 0 amide bonds. The van der Waals surface area contributed by atoms with Gasteiger partial charge < -0.3 is 19.7 Å². The van der Waals surface area contributed by atoms with Crippen molar-refractivity contribution in [3.8, 4) is 11.5 Å². The van der Waals surface area contributed by atoms with Crippen LogP contribution in [0.2, 0.25) is 0 Å². The van der Waals surface area contributed by atoms with Crippen LogP contribution in [0.15, 0.2) is 24.3 Å². The third kappa shape index (κ3) is 18.3. The fraction of sp³-hybridized carbons (Fsp3) is 0.786. The van der Waals surface area contributed by atoms with Gasteiger partial charge in [-0.1, -0.05) is 89.9 Å². The predicted octanol–water partition coefficient (Wildman–Crippen LogP) is 7.45. The lowest BCUT2D eigenvalue weighted by Gasteiger charge is -2.09. The molecule has 0 saturated heterocycles. The van der Waals surface area contributed by atoms with Crippen molar-refractivity contribution in [1.29, 1.82) is 0 Å². The monoisotopic (exact) mass is 450 g/mol. The van der Waals surface area contributed by atoms with Crippen LogP contribution in [0, 0.1) is 0 Å². The minimum Gasteiger partial charge on any atom is -0.494 e. The highest BCUT2D eigenvalue weighted by molar-refractivity contribution is 5.31. The molecule has 0 saturated carbocycles. The lowest BCUT2D eigenvalue weighted by molar-refractivity contribution is 0.281. The van der Waals surface area contributed by atoms with Gasteiger partial charge in [-0.3, -0.25) is 0 Å². The largest absolute Gasteiger partial charge is 0.494 e. The average molecular weight is 451 g/mol. The Labute approximate surface area is 197 Å². The van der Waals surface area contributed by atoms with E-state index in [2.05, 4.69) is 0 Å². The zero-order valence-electron chi connectivity index (χ0n) is 20.6. The van der Waals surface area contributed by atoms with Crippen molar-refractivity contribution in [2.75, 3.05) is 26.4 Å². The highest BCUT2D eigenvalue weighted by Gasteiger charge is 1.99. The summed E-state index contributed by atoms with van der Waals surface area (Å²) in [5.74, 6) is 1.86. The first-order valence-electron chi connectivity index (χ1n) is 13.4. The highest BCUT2D eigenvalue weighted by Crippen LogP contribution is 2.19. The normalized spacial score (nSPS) is 11.1. The Kier molecular flexibility index (Phi) is 20.6. The Hall–Kier alpha value is -1.26. The van der Waals surface area contributed by atoms with E-state index >= 15 is 0 Å². The van der Waals surface area contributed by atoms with Gasteiger partial charge in [0, 0.05) is 13.2 Å². The van der Waals surface area contributed by atoms with Gasteiger partial charge in [0.2, 0.25) is 0 Å². The number of aliphatic hydroxyl groups is 2. The van der Waals surface area contributed by atoms with Crippen molar-refractivity contribution >= 4 is 0 Å². The number of unbranched alkanes of at least 4 members (excludes halogenated alkanes) is 16. The molecule has 0 aliphatic heterocycles. The summed E-state index contributed by atoms with van der Waals surface area (Å²) in [6, 6.07) is 8.05. The number of hydrogen-bond acceptors (Lipinski definition) is 4. The van der Waals surface area contributed by atoms with Crippen LogP contribution in [0.5, 0.6) is 11.5 Å². The van der Waals surface area contributed by atoms with Crippen molar-refractivity contribution in [1.82, 2.24) is 0 Å². The lowest BCUT2D eigenvalue weighted by atomic mass is 10.1. The van der Waals surface area contributed by atoms with E-state index in [9.17, 15) is 0 Å². The van der Waals surface area contributed by atoms with E-state index in [1.807, 2.05) is 24.3 Å². The first-order valence-corrected chi connectivity index (χ1v) is 13.4. The Morgan fingerprint density at radius 1 is 0.375 bits per heavy atom. The van der Waals surface area contributed by atoms with Crippen molar-refractivity contribution in [3.63, 3.8) is 0 Å². The molecule has 0 radical (unpaired) electrons. The van der Waals surface area contributed by atoms with Crippen LogP contribution in [0.1, 0.15) is 116 Å². The molecular weight excluding hydrogens is 400 g/mol. The number of hydrogen-bond donors (Lipinski definition) is 2. The molecule has 0 fully saturated rings. The molecule has 2 N–H and O–H groups in total. The molecule has 0 atom stereocenters. The Bertz CT molecular complexity index is 444. The molecule has 186 valence electrons. The molecule has 1 aromatic rings. The third-order valence-electron chi connectivity index (χ3n) is 5.97. The van der Waals surface area contributed by atoms with Crippen molar-refractivity contribution in [2.24, 2.45) is 0 Å². The first kappa shape index (κ1) is 28.8. The molecule has 0 aromatic heterocycles. The van der Waals surface area contributed by atoms with Crippen molar-refractivity contribution < 1.29 is 19.7 Å². The van der Waals surface area contributed by atoms with Gasteiger partial charge >= 0.3 is 0 Å². The number of aliphatic hydroxyl groups excluding tert-OH is 2. The van der Waals surface area contributed by atoms with Crippen LogP contribution in [-0.4, -0.2) is 36.6 Å². The third-order valence-corrected chi connectivity index (χ3v) is 5.97. The van der Waals surface area contributed by atoms with E-state index in [0.717, 1.165) is 50.4 Å². The number of ether oxygens (including phenoxy) is 2. The second-order valence-electron chi connectivity index (χ2n) is 8.98. The van der Waals surface area contributed by atoms with Gasteiger partial charge in [0.05, 0.1) is 13.2 Å². The van der Waals surface area contributed by atoms with E-state index in [4.69, 9.17) is 19.7 Å². The smallest absolute Gasteiger partial charge is 0.119 e. The Morgan fingerprint density at radius 3 is 0.906 bits per heavy atom. The molecule has 1 aromatic carbocycles. The average Bonchev–Trinajstić information content (AvgIpc) is 2.82. The molecule has 0 unspecified atom stereocenters. The zero-order chi connectivity index (χ0) is 23.0. The van der Waals surface area contributed by atoms with Crippen LogP contribution in [0.4, 0.5) is 0 Å². The molecule has 1 rings (SSSR count). The summed E-state index contributed by atoms with van der Waals surface area (Å²) < 4.78 is 11.7. The summed E-state index contributed by atoms with van der Waals surface area (Å²) in [4.78, 5) is 0. The van der Waals surface area contributed by atoms with Gasteiger partial charge in [0.15, 0.2) is 0 Å². The van der Waals surface area contributed by atoms with Gasteiger partial charge in [-0.15, -0.1) is 0 Å². The van der Waals surface area contributed by atoms with E-state index in [0.29, 0.717) is 13.2 Å². The van der Waals surface area contributed by atoms with E-state index < -0.39 is 0 Å². The second-order valence-corrected chi connectivity index (χ2v) is 8.98.